The smallest absolute Gasteiger partial charge is 0.416 e. The molecule has 1 aliphatic heterocycles. The number of hydrogen-bond acceptors (Lipinski definition) is 7. The molecule has 3 N–H and O–H groups in total. The van der Waals surface area contributed by atoms with Crippen molar-refractivity contribution < 1.29 is 39.5 Å². The molecule has 1 aliphatic rings. The van der Waals surface area contributed by atoms with Crippen molar-refractivity contribution in [3.63, 3.8) is 0 Å². The maximum Gasteiger partial charge on any atom is 0.416 e. The van der Waals surface area contributed by atoms with Crippen molar-refractivity contribution in [2.24, 2.45) is 0 Å². The Balaban J connectivity index is 1.32. The second-order valence-corrected chi connectivity index (χ2v) is 14.2. The lowest BCUT2D eigenvalue weighted by atomic mass is 10.0. The van der Waals surface area contributed by atoms with Crippen molar-refractivity contribution in [1.29, 1.82) is 0 Å². The minimum Gasteiger partial charge on any atom is -0.457 e. The highest BCUT2D eigenvalue weighted by atomic mass is 32.2. The largest absolute Gasteiger partial charge is 0.457 e. The second-order valence-electron chi connectivity index (χ2n) is 10.6. The number of nitrogens with one attached hydrogen (secondary N) is 3. The molecule has 0 spiro atoms. The van der Waals surface area contributed by atoms with Crippen LogP contribution < -0.4 is 14.2 Å². The van der Waals surface area contributed by atoms with E-state index in [0.717, 1.165) is 12.1 Å². The van der Waals surface area contributed by atoms with Crippen LogP contribution in [0.5, 0.6) is 11.5 Å². The molecule has 15 heteroatoms. The van der Waals surface area contributed by atoms with E-state index in [2.05, 4.69) is 14.7 Å². The van der Waals surface area contributed by atoms with Gasteiger partial charge in [0.25, 0.3) is 0 Å². The molecule has 2 heterocycles. The average Bonchev–Trinajstić information content (AvgIpc) is 3.56. The molecule has 1 saturated heterocycles. The first kappa shape index (κ1) is 31.3. The molecule has 0 aliphatic carbocycles. The predicted molar refractivity (Wildman–Crippen MR) is 162 cm³/mol. The Labute approximate surface area is 261 Å². The van der Waals surface area contributed by atoms with Gasteiger partial charge in [0.05, 0.1) is 34.0 Å². The van der Waals surface area contributed by atoms with Crippen molar-refractivity contribution in [1.82, 2.24) is 19.4 Å². The molecule has 1 amide bonds. The molecular weight excluding hydrogens is 645 g/mol. The summed E-state index contributed by atoms with van der Waals surface area (Å²) >= 11 is 0. The Morgan fingerprint density at radius 3 is 2.33 bits per heavy atom. The summed E-state index contributed by atoms with van der Waals surface area (Å²) in [5, 5.41) is -1.06. The molecule has 1 fully saturated rings. The van der Waals surface area contributed by atoms with Gasteiger partial charge in [0.15, 0.2) is 0 Å². The van der Waals surface area contributed by atoms with Crippen LogP contribution in [0.4, 0.5) is 13.2 Å². The molecule has 1 aromatic heterocycles. The Hall–Kier alpha value is -4.73. The van der Waals surface area contributed by atoms with Gasteiger partial charge in [-0.2, -0.15) is 13.2 Å². The standard InChI is InChI=1S/C31H25F3N4O6S2/c32-31(33,34)21-13-14-25-26(16-21)36-30(35-25)27(15-19-9-11-20(12-10-19)28-18-29(39)38-46(28,42)43)37-45(40,41)24-8-4-7-23(17-24)44-22-5-2-1-3-6-22/h1-14,16-17,27-28,37H,15,18H2,(H,35,36)(H,38,39)/t27-,28?/m0/s1. The van der Waals surface area contributed by atoms with Gasteiger partial charge in [0, 0.05) is 6.07 Å². The quantitative estimate of drug-likeness (QED) is 0.187. The van der Waals surface area contributed by atoms with Gasteiger partial charge in [-0.15, -0.1) is 0 Å². The fourth-order valence-electron chi connectivity index (χ4n) is 5.10. The fourth-order valence-corrected chi connectivity index (χ4v) is 7.76. The van der Waals surface area contributed by atoms with E-state index < -0.39 is 49.0 Å². The molecule has 2 atom stereocenters. The summed E-state index contributed by atoms with van der Waals surface area (Å²) in [7, 11) is -8.12. The zero-order chi connectivity index (χ0) is 32.7. The van der Waals surface area contributed by atoms with Gasteiger partial charge in [-0.25, -0.2) is 26.5 Å². The third-order valence-corrected chi connectivity index (χ3v) is 10.5. The van der Waals surface area contributed by atoms with Crippen LogP contribution in [0, 0.1) is 0 Å². The van der Waals surface area contributed by atoms with E-state index in [-0.39, 0.29) is 40.3 Å². The zero-order valence-electron chi connectivity index (χ0n) is 23.7. The van der Waals surface area contributed by atoms with Crippen LogP contribution >= 0.6 is 0 Å². The van der Waals surface area contributed by atoms with Gasteiger partial charge in [0.2, 0.25) is 26.0 Å². The van der Waals surface area contributed by atoms with E-state index in [1.165, 1.54) is 36.4 Å². The highest BCUT2D eigenvalue weighted by Crippen LogP contribution is 2.33. The van der Waals surface area contributed by atoms with Gasteiger partial charge in [-0.05, 0) is 60.0 Å². The number of H-pyrrole nitrogens is 1. The Bertz CT molecular complexity index is 2140. The van der Waals surface area contributed by atoms with Crippen LogP contribution in [0.25, 0.3) is 11.0 Å². The van der Waals surface area contributed by atoms with E-state index in [1.54, 1.807) is 42.5 Å². The number of benzene rings is 4. The van der Waals surface area contributed by atoms with Crippen LogP contribution in [0.1, 0.15) is 40.2 Å². The number of rotatable bonds is 9. The highest BCUT2D eigenvalue weighted by Gasteiger charge is 2.38. The molecule has 1 unspecified atom stereocenters. The maximum atomic E-state index is 13.7. The van der Waals surface area contributed by atoms with Crippen molar-refractivity contribution in [3.8, 4) is 11.5 Å². The van der Waals surface area contributed by atoms with Crippen molar-refractivity contribution in [2.45, 2.75) is 35.2 Å². The molecular formula is C31H25F3N4O6S2. The lowest BCUT2D eigenvalue weighted by Crippen LogP contribution is -2.31. The number of sulfonamides is 2. The van der Waals surface area contributed by atoms with E-state index in [4.69, 9.17) is 4.74 Å². The van der Waals surface area contributed by atoms with Crippen LogP contribution in [0.2, 0.25) is 0 Å². The summed E-state index contributed by atoms with van der Waals surface area (Å²) in [6, 6.07) is 22.7. The number of aromatic nitrogens is 2. The normalized spacial score (nSPS) is 17.1. The van der Waals surface area contributed by atoms with E-state index in [9.17, 15) is 34.8 Å². The first-order valence-electron chi connectivity index (χ1n) is 13.8. The number of imidazole rings is 1. The van der Waals surface area contributed by atoms with Crippen LogP contribution in [0.15, 0.2) is 102 Å². The first-order chi connectivity index (χ1) is 21.8. The number of aromatic amines is 1. The third-order valence-electron chi connectivity index (χ3n) is 7.34. The molecule has 238 valence electrons. The monoisotopic (exact) mass is 670 g/mol. The summed E-state index contributed by atoms with van der Waals surface area (Å²) < 4.78 is 102. The zero-order valence-corrected chi connectivity index (χ0v) is 25.3. The number of nitrogens with zero attached hydrogens (tertiary/aromatic N) is 1. The Kier molecular flexibility index (Phi) is 8.08. The van der Waals surface area contributed by atoms with Crippen LogP contribution in [-0.2, 0) is 37.4 Å². The van der Waals surface area contributed by atoms with Crippen LogP contribution in [0.3, 0.4) is 0 Å². The summed E-state index contributed by atoms with van der Waals surface area (Å²) in [5.74, 6) is 0.212. The van der Waals surface area contributed by atoms with Gasteiger partial charge < -0.3 is 9.72 Å². The highest BCUT2D eigenvalue weighted by molar-refractivity contribution is 7.90. The lowest BCUT2D eigenvalue weighted by molar-refractivity contribution is -0.137. The number of ether oxygens (including phenoxy) is 1. The van der Waals surface area contributed by atoms with Crippen molar-refractivity contribution >= 4 is 37.0 Å². The van der Waals surface area contributed by atoms with E-state index in [1.807, 2.05) is 10.8 Å². The molecule has 10 nitrogen and oxygen atoms in total. The first-order valence-corrected chi connectivity index (χ1v) is 16.9. The fraction of sp³-hybridized carbons (Fsp3) is 0.161. The number of alkyl halides is 3. The molecule has 4 aromatic carbocycles. The summed E-state index contributed by atoms with van der Waals surface area (Å²) in [5.41, 5.74) is 0.297. The third kappa shape index (κ3) is 6.76. The van der Waals surface area contributed by atoms with E-state index in [0.29, 0.717) is 16.9 Å². The molecule has 6 rings (SSSR count). The van der Waals surface area contributed by atoms with Gasteiger partial charge in [0.1, 0.15) is 22.6 Å². The second kappa shape index (κ2) is 11.9. The molecule has 0 bridgehead atoms. The number of amides is 1. The molecule has 0 saturated carbocycles. The molecule has 46 heavy (non-hydrogen) atoms. The maximum absolute atomic E-state index is 13.7. The summed E-state index contributed by atoms with van der Waals surface area (Å²) in [6.07, 6.45) is -4.84. The Morgan fingerprint density at radius 2 is 1.65 bits per heavy atom. The summed E-state index contributed by atoms with van der Waals surface area (Å²) in [6.45, 7) is 0. The number of carbonyl (C=O) groups excluding carboxylic acids is 1. The average molecular weight is 671 g/mol. The minimum absolute atomic E-state index is 0.0136. The van der Waals surface area contributed by atoms with E-state index >= 15 is 0 Å². The van der Waals surface area contributed by atoms with Gasteiger partial charge in [-0.3, -0.25) is 9.52 Å². The van der Waals surface area contributed by atoms with Crippen LogP contribution in [-0.4, -0.2) is 32.7 Å². The summed E-state index contributed by atoms with van der Waals surface area (Å²) in [4.78, 5) is 18.8. The molecule has 0 radical (unpaired) electrons. The number of halogens is 3. The lowest BCUT2D eigenvalue weighted by Gasteiger charge is -2.18. The van der Waals surface area contributed by atoms with Crippen molar-refractivity contribution in [3.05, 3.63) is 120 Å². The van der Waals surface area contributed by atoms with Crippen molar-refractivity contribution in [2.75, 3.05) is 0 Å². The number of carbonyl (C=O) groups is 1. The minimum atomic E-state index is -4.60. The number of hydrogen-bond donors (Lipinski definition) is 3. The number of para-hydroxylation sites is 1. The number of fused-ring (bicyclic) bond motifs is 1. The van der Waals surface area contributed by atoms with Gasteiger partial charge in [-0.1, -0.05) is 48.5 Å². The molecule has 5 aromatic rings. The predicted octanol–water partition coefficient (Wildman–Crippen LogP) is 5.53. The van der Waals surface area contributed by atoms with Gasteiger partial charge >= 0.3 is 6.18 Å². The topological polar surface area (TPSA) is 147 Å². The Morgan fingerprint density at radius 1 is 0.935 bits per heavy atom. The SMILES string of the molecule is O=C1CC(c2ccc(C[C@H](NS(=O)(=O)c3cccc(Oc4ccccc4)c3)c3nc4ccc(C(F)(F)F)cc4[nH]3)cc2)S(=O)(=O)N1.